The third-order valence-corrected chi connectivity index (χ3v) is 6.96. The maximum absolute atomic E-state index is 6.42. The molecule has 8 aromatic rings. The molecule has 4 heterocycles. The SMILES string of the molecule is c1ccc2cc(N(c3cccc4c3oc3ncccc34)c3cccc4c3oc3cccnc34)ccc2c1. The molecule has 0 N–H and O–H groups in total. The van der Waals surface area contributed by atoms with Crippen LogP contribution in [0.2, 0.25) is 0 Å². The van der Waals surface area contributed by atoms with Crippen molar-refractivity contribution in [1.82, 2.24) is 9.97 Å². The van der Waals surface area contributed by atoms with Crippen molar-refractivity contribution in [1.29, 1.82) is 0 Å². The van der Waals surface area contributed by atoms with E-state index in [9.17, 15) is 0 Å². The lowest BCUT2D eigenvalue weighted by Gasteiger charge is -2.25. The number of fused-ring (bicyclic) bond motifs is 7. The van der Waals surface area contributed by atoms with Crippen LogP contribution < -0.4 is 4.90 Å². The molecule has 4 aromatic heterocycles. The van der Waals surface area contributed by atoms with Crippen LogP contribution in [0, 0.1) is 0 Å². The summed E-state index contributed by atoms with van der Waals surface area (Å²) in [4.78, 5) is 11.3. The zero-order valence-corrected chi connectivity index (χ0v) is 19.6. The quantitative estimate of drug-likeness (QED) is 0.254. The molecule has 0 fully saturated rings. The molecule has 37 heavy (non-hydrogen) atoms. The molecule has 0 bridgehead atoms. The second kappa shape index (κ2) is 7.67. The van der Waals surface area contributed by atoms with Gasteiger partial charge in [0.25, 0.3) is 0 Å². The smallest absolute Gasteiger partial charge is 0.227 e. The maximum atomic E-state index is 6.42. The molecular weight excluding hydrogens is 458 g/mol. The van der Waals surface area contributed by atoms with E-state index in [0.717, 1.165) is 60.9 Å². The van der Waals surface area contributed by atoms with Gasteiger partial charge in [0.05, 0.1) is 11.4 Å². The normalized spacial score (nSPS) is 11.8. The average Bonchev–Trinajstić information content (AvgIpc) is 3.53. The highest BCUT2D eigenvalue weighted by Crippen LogP contribution is 2.45. The molecule has 0 radical (unpaired) electrons. The van der Waals surface area contributed by atoms with E-state index in [0.29, 0.717) is 5.71 Å². The van der Waals surface area contributed by atoms with E-state index in [4.69, 9.17) is 8.83 Å². The lowest BCUT2D eigenvalue weighted by Crippen LogP contribution is -2.10. The average molecular weight is 478 g/mol. The topological polar surface area (TPSA) is 55.3 Å². The fourth-order valence-corrected chi connectivity index (χ4v) is 5.30. The lowest BCUT2D eigenvalue weighted by atomic mass is 10.1. The summed E-state index contributed by atoms with van der Waals surface area (Å²) < 4.78 is 12.8. The van der Waals surface area contributed by atoms with E-state index in [-0.39, 0.29) is 0 Å². The summed E-state index contributed by atoms with van der Waals surface area (Å²) in [5, 5.41) is 5.32. The van der Waals surface area contributed by atoms with Crippen molar-refractivity contribution in [3.05, 3.63) is 116 Å². The van der Waals surface area contributed by atoms with Gasteiger partial charge in [-0.3, -0.25) is 4.98 Å². The summed E-state index contributed by atoms with van der Waals surface area (Å²) >= 11 is 0. The number of rotatable bonds is 3. The van der Waals surface area contributed by atoms with Crippen molar-refractivity contribution >= 4 is 72.0 Å². The van der Waals surface area contributed by atoms with E-state index in [2.05, 4.69) is 93.7 Å². The number of nitrogens with zero attached hydrogens (tertiary/aromatic N) is 3. The summed E-state index contributed by atoms with van der Waals surface area (Å²) in [6.45, 7) is 0. The van der Waals surface area contributed by atoms with Crippen molar-refractivity contribution in [2.75, 3.05) is 4.90 Å². The summed E-state index contributed by atoms with van der Waals surface area (Å²) in [7, 11) is 0. The van der Waals surface area contributed by atoms with Crippen LogP contribution in [0.5, 0.6) is 0 Å². The number of anilines is 3. The molecule has 0 aliphatic carbocycles. The largest absolute Gasteiger partial charge is 0.452 e. The van der Waals surface area contributed by atoms with Crippen molar-refractivity contribution in [3.63, 3.8) is 0 Å². The van der Waals surface area contributed by atoms with Gasteiger partial charge in [-0.2, -0.15) is 0 Å². The van der Waals surface area contributed by atoms with Crippen LogP contribution in [0.25, 0.3) is 54.9 Å². The third kappa shape index (κ3) is 2.98. The molecular formula is C32H19N3O2. The highest BCUT2D eigenvalue weighted by Gasteiger charge is 2.23. The van der Waals surface area contributed by atoms with E-state index < -0.39 is 0 Å². The van der Waals surface area contributed by atoms with Gasteiger partial charge in [-0.05, 0) is 65.4 Å². The van der Waals surface area contributed by atoms with Crippen molar-refractivity contribution in [3.8, 4) is 0 Å². The standard InChI is InChI=1S/C32H19N3O2/c1-2-8-21-19-22(16-15-20(21)7-1)35(26-12-3-9-23-24-11-5-18-34-32(24)37-30(23)26)27-13-4-10-25-29-28(36-31(25)27)14-6-17-33-29/h1-19H. The molecule has 0 unspecified atom stereocenters. The Hall–Kier alpha value is -5.16. The van der Waals surface area contributed by atoms with E-state index in [1.807, 2.05) is 24.3 Å². The zero-order chi connectivity index (χ0) is 24.3. The van der Waals surface area contributed by atoms with Gasteiger partial charge < -0.3 is 13.7 Å². The predicted molar refractivity (Wildman–Crippen MR) is 149 cm³/mol. The first-order valence-corrected chi connectivity index (χ1v) is 12.2. The van der Waals surface area contributed by atoms with E-state index in [1.165, 1.54) is 5.39 Å². The molecule has 0 spiro atoms. The van der Waals surface area contributed by atoms with Gasteiger partial charge in [0.15, 0.2) is 16.7 Å². The molecule has 0 saturated heterocycles. The molecule has 174 valence electrons. The second-order valence-electron chi connectivity index (χ2n) is 9.08. The monoisotopic (exact) mass is 477 g/mol. The first kappa shape index (κ1) is 20.1. The van der Waals surface area contributed by atoms with Crippen molar-refractivity contribution in [2.24, 2.45) is 0 Å². The van der Waals surface area contributed by atoms with Crippen molar-refractivity contribution < 1.29 is 8.83 Å². The third-order valence-electron chi connectivity index (χ3n) is 6.96. The van der Waals surface area contributed by atoms with Crippen LogP contribution in [0.3, 0.4) is 0 Å². The van der Waals surface area contributed by atoms with Gasteiger partial charge in [0, 0.05) is 34.2 Å². The molecule has 5 heteroatoms. The van der Waals surface area contributed by atoms with Crippen LogP contribution in [0.4, 0.5) is 17.1 Å². The number of hydrogen-bond donors (Lipinski definition) is 0. The summed E-state index contributed by atoms with van der Waals surface area (Å²) in [5.74, 6) is 0. The molecule has 8 rings (SSSR count). The minimum absolute atomic E-state index is 0.620. The number of hydrogen-bond acceptors (Lipinski definition) is 5. The Balaban J connectivity index is 1.48. The van der Waals surface area contributed by atoms with Gasteiger partial charge in [0.2, 0.25) is 5.71 Å². The van der Waals surface area contributed by atoms with Crippen LogP contribution >= 0.6 is 0 Å². The minimum Gasteiger partial charge on any atom is -0.452 e. The summed E-state index contributed by atoms with van der Waals surface area (Å²) in [6.07, 6.45) is 3.56. The fraction of sp³-hybridized carbons (Fsp3) is 0. The van der Waals surface area contributed by atoms with E-state index >= 15 is 0 Å². The Kier molecular flexibility index (Phi) is 4.16. The van der Waals surface area contributed by atoms with Gasteiger partial charge in [0.1, 0.15) is 5.52 Å². The molecule has 0 aliphatic rings. The summed E-state index contributed by atoms with van der Waals surface area (Å²) in [6, 6.07) is 35.1. The lowest BCUT2D eigenvalue weighted by molar-refractivity contribution is 0.654. The molecule has 0 aliphatic heterocycles. The van der Waals surface area contributed by atoms with Gasteiger partial charge in [-0.25, -0.2) is 4.98 Å². The summed E-state index contributed by atoms with van der Waals surface area (Å²) in [5.41, 5.74) is 6.60. The number of para-hydroxylation sites is 2. The van der Waals surface area contributed by atoms with Crippen LogP contribution in [-0.4, -0.2) is 9.97 Å². The van der Waals surface area contributed by atoms with Crippen LogP contribution in [0.1, 0.15) is 0 Å². The van der Waals surface area contributed by atoms with Crippen LogP contribution in [0.15, 0.2) is 124 Å². The Morgan fingerprint density at radius 1 is 0.541 bits per heavy atom. The Morgan fingerprint density at radius 3 is 2.16 bits per heavy atom. The molecule has 4 aromatic carbocycles. The van der Waals surface area contributed by atoms with Gasteiger partial charge in [-0.1, -0.05) is 48.5 Å². The molecule has 5 nitrogen and oxygen atoms in total. The Morgan fingerprint density at radius 2 is 1.27 bits per heavy atom. The van der Waals surface area contributed by atoms with Gasteiger partial charge in [-0.15, -0.1) is 0 Å². The maximum Gasteiger partial charge on any atom is 0.227 e. The highest BCUT2D eigenvalue weighted by atomic mass is 16.3. The minimum atomic E-state index is 0.620. The molecule has 0 atom stereocenters. The van der Waals surface area contributed by atoms with Gasteiger partial charge >= 0.3 is 0 Å². The highest BCUT2D eigenvalue weighted by molar-refractivity contribution is 6.13. The number of furan rings is 2. The first-order chi connectivity index (χ1) is 18.3. The molecule has 0 saturated carbocycles. The van der Waals surface area contributed by atoms with Crippen molar-refractivity contribution in [2.45, 2.75) is 0 Å². The predicted octanol–water partition coefficient (Wildman–Crippen LogP) is 8.90. The molecule has 0 amide bonds. The van der Waals surface area contributed by atoms with E-state index in [1.54, 1.807) is 12.4 Å². The fourth-order valence-electron chi connectivity index (χ4n) is 5.30. The first-order valence-electron chi connectivity index (χ1n) is 12.2. The number of aromatic nitrogens is 2. The Labute approximate surface area is 211 Å². The second-order valence-corrected chi connectivity index (χ2v) is 9.08. The number of pyridine rings is 2. The number of benzene rings is 4. The Bertz CT molecular complexity index is 2010. The van der Waals surface area contributed by atoms with Crippen LogP contribution in [-0.2, 0) is 0 Å². The zero-order valence-electron chi connectivity index (χ0n) is 19.6.